The number of carboxylic acid groups (broad SMARTS) is 1. The van der Waals surface area contributed by atoms with E-state index in [2.05, 4.69) is 5.32 Å². The van der Waals surface area contributed by atoms with E-state index in [-0.39, 0.29) is 18.9 Å². The Bertz CT molecular complexity index is 809. The predicted molar refractivity (Wildman–Crippen MR) is 96.4 cm³/mol. The molecular weight excluding hydrogens is 372 g/mol. The number of thioether (sulfide) groups is 1. The van der Waals surface area contributed by atoms with Gasteiger partial charge in [-0.1, -0.05) is 30.3 Å². The molecule has 0 saturated carbocycles. The monoisotopic (exact) mass is 390 g/mol. The van der Waals surface area contributed by atoms with Gasteiger partial charge in [0.1, 0.15) is 18.0 Å². The number of nitrogens with one attached hydrogen (secondary N) is 1. The number of rotatable bonds is 6. The first-order valence-electron chi connectivity index (χ1n) is 8.24. The number of carboxylic acids is 1. The summed E-state index contributed by atoms with van der Waals surface area (Å²) >= 11 is 1.23. The van der Waals surface area contributed by atoms with Crippen molar-refractivity contribution < 1.29 is 29.0 Å². The number of carbonyl (C=O) groups is 4. The second-order valence-corrected chi connectivity index (χ2v) is 7.18. The zero-order chi connectivity index (χ0) is 19.6. The van der Waals surface area contributed by atoms with Crippen LogP contribution >= 0.6 is 11.8 Å². The third-order valence-electron chi connectivity index (χ3n) is 4.27. The van der Waals surface area contributed by atoms with Crippen molar-refractivity contribution in [3.05, 3.63) is 46.9 Å². The van der Waals surface area contributed by atoms with Crippen LogP contribution in [0.5, 0.6) is 0 Å². The summed E-state index contributed by atoms with van der Waals surface area (Å²) in [6.45, 7) is 1.03. The van der Waals surface area contributed by atoms with Gasteiger partial charge in [-0.3, -0.25) is 14.4 Å². The number of β-lactam (4-membered cyclic amide) rings is 1. The van der Waals surface area contributed by atoms with E-state index in [4.69, 9.17) is 4.74 Å². The van der Waals surface area contributed by atoms with Crippen LogP contribution in [0.4, 0.5) is 0 Å². The Morgan fingerprint density at radius 3 is 2.59 bits per heavy atom. The van der Waals surface area contributed by atoms with Crippen molar-refractivity contribution in [2.45, 2.75) is 30.8 Å². The highest BCUT2D eigenvalue weighted by atomic mass is 32.2. The van der Waals surface area contributed by atoms with Crippen LogP contribution in [-0.2, 0) is 30.3 Å². The van der Waals surface area contributed by atoms with Crippen LogP contribution in [0.1, 0.15) is 12.5 Å². The molecule has 1 unspecified atom stereocenters. The minimum absolute atomic E-state index is 0.137. The number of carbonyl (C=O) groups excluding carboxylic acids is 3. The molecule has 2 N–H and O–H groups in total. The number of hydrogen-bond donors (Lipinski definition) is 2. The lowest BCUT2D eigenvalue weighted by molar-refractivity contribution is -0.160. The molecule has 142 valence electrons. The van der Waals surface area contributed by atoms with E-state index in [1.54, 1.807) is 5.41 Å². The van der Waals surface area contributed by atoms with Gasteiger partial charge in [0.05, 0.1) is 6.42 Å². The second kappa shape index (κ2) is 7.83. The summed E-state index contributed by atoms with van der Waals surface area (Å²) in [5.74, 6) is -2.51. The molecule has 2 amide bonds. The second-order valence-electron chi connectivity index (χ2n) is 6.19. The van der Waals surface area contributed by atoms with E-state index < -0.39 is 35.3 Å². The normalized spacial score (nSPS) is 23.6. The van der Waals surface area contributed by atoms with E-state index in [0.29, 0.717) is 5.57 Å². The first kappa shape index (κ1) is 19.0. The fourth-order valence-corrected chi connectivity index (χ4v) is 4.23. The molecule has 0 bridgehead atoms. The van der Waals surface area contributed by atoms with Gasteiger partial charge in [0.15, 0.2) is 6.04 Å². The zero-order valence-corrected chi connectivity index (χ0v) is 15.3. The van der Waals surface area contributed by atoms with E-state index >= 15 is 0 Å². The minimum atomic E-state index is -1.21. The maximum atomic E-state index is 12.5. The number of fused-ring (bicyclic) bond motifs is 1. The maximum absolute atomic E-state index is 12.5. The largest absolute Gasteiger partial charge is 0.479 e. The molecule has 9 heteroatoms. The molecule has 2 aliphatic rings. The molecule has 1 fully saturated rings. The van der Waals surface area contributed by atoms with Gasteiger partial charge in [0, 0.05) is 12.5 Å². The fourth-order valence-electron chi connectivity index (χ4n) is 3.02. The average Bonchev–Trinajstić information content (AvgIpc) is 2.64. The highest BCUT2D eigenvalue weighted by Crippen LogP contribution is 2.40. The average molecular weight is 390 g/mol. The molecule has 0 spiro atoms. The van der Waals surface area contributed by atoms with Crippen LogP contribution in [0.3, 0.4) is 0 Å². The molecule has 0 radical (unpaired) electrons. The van der Waals surface area contributed by atoms with Crippen LogP contribution in [0.25, 0.3) is 0 Å². The molecule has 2 aliphatic heterocycles. The summed E-state index contributed by atoms with van der Waals surface area (Å²) < 4.78 is 4.87. The van der Waals surface area contributed by atoms with Crippen molar-refractivity contribution in [1.82, 2.24) is 10.2 Å². The first-order valence-corrected chi connectivity index (χ1v) is 9.19. The Labute approximate surface area is 159 Å². The highest BCUT2D eigenvalue weighted by molar-refractivity contribution is 8.02. The Morgan fingerprint density at radius 2 is 1.96 bits per heavy atom. The molecule has 2 heterocycles. The maximum Gasteiger partial charge on any atom is 0.330 e. The summed E-state index contributed by atoms with van der Waals surface area (Å²) in [6.07, 6.45) is 0.137. The lowest BCUT2D eigenvalue weighted by Crippen LogP contribution is -2.74. The van der Waals surface area contributed by atoms with Crippen LogP contribution in [0.15, 0.2) is 41.3 Å². The molecule has 3 rings (SSSR count). The van der Waals surface area contributed by atoms with Gasteiger partial charge < -0.3 is 20.1 Å². The van der Waals surface area contributed by atoms with Gasteiger partial charge in [-0.15, -0.1) is 11.8 Å². The molecule has 3 atom stereocenters. The summed E-state index contributed by atoms with van der Waals surface area (Å²) in [5, 5.41) is 13.3. The van der Waals surface area contributed by atoms with Crippen LogP contribution in [-0.4, -0.2) is 57.8 Å². The lowest BCUT2D eigenvalue weighted by atomic mass is 9.98. The smallest absolute Gasteiger partial charge is 0.330 e. The number of benzene rings is 1. The van der Waals surface area contributed by atoms with Crippen molar-refractivity contribution in [2.75, 3.05) is 6.61 Å². The molecular formula is C18H18N2O6S. The minimum Gasteiger partial charge on any atom is -0.479 e. The van der Waals surface area contributed by atoms with E-state index in [1.165, 1.54) is 23.6 Å². The van der Waals surface area contributed by atoms with Gasteiger partial charge in [-0.25, -0.2) is 4.79 Å². The molecule has 1 saturated heterocycles. The van der Waals surface area contributed by atoms with Crippen molar-refractivity contribution in [1.29, 1.82) is 0 Å². The van der Waals surface area contributed by atoms with Crippen LogP contribution in [0, 0.1) is 0 Å². The summed E-state index contributed by atoms with van der Waals surface area (Å²) in [7, 11) is 0. The van der Waals surface area contributed by atoms with Crippen molar-refractivity contribution in [3.63, 3.8) is 0 Å². The predicted octanol–water partition coefficient (Wildman–Crippen LogP) is 0.529. The molecule has 0 aromatic heterocycles. The van der Waals surface area contributed by atoms with Gasteiger partial charge in [0.25, 0.3) is 0 Å². The molecule has 0 aliphatic carbocycles. The lowest BCUT2D eigenvalue weighted by Gasteiger charge is -2.51. The van der Waals surface area contributed by atoms with Crippen molar-refractivity contribution in [2.24, 2.45) is 0 Å². The standard InChI is InChI=1S/C18H18N2O6S/c1-10(21)26-8-12-9-27-17-14(16(23)20(17)15(12)18(24)25)19-13(22)7-11-5-3-2-4-6-11/h2-6,9,14-15,17H,7-8H2,1H3,(H,19,22)(H,24,25)/t14-,15?,17+/m1/s1. The number of nitrogens with zero attached hydrogens (tertiary/aromatic N) is 1. The Balaban J connectivity index is 1.67. The molecule has 1 aromatic rings. The molecule has 27 heavy (non-hydrogen) atoms. The zero-order valence-electron chi connectivity index (χ0n) is 14.5. The highest BCUT2D eigenvalue weighted by Gasteiger charge is 2.55. The van der Waals surface area contributed by atoms with Gasteiger partial charge in [-0.2, -0.15) is 0 Å². The molecule has 1 aromatic carbocycles. The van der Waals surface area contributed by atoms with Crippen molar-refractivity contribution in [3.8, 4) is 0 Å². The van der Waals surface area contributed by atoms with E-state index in [9.17, 15) is 24.3 Å². The van der Waals surface area contributed by atoms with E-state index in [0.717, 1.165) is 5.56 Å². The van der Waals surface area contributed by atoms with E-state index in [1.807, 2.05) is 30.3 Å². The number of aliphatic carboxylic acids is 1. The summed E-state index contributed by atoms with van der Waals surface area (Å²) in [6, 6.07) is 7.14. The van der Waals surface area contributed by atoms with Gasteiger partial charge in [0.2, 0.25) is 11.8 Å². The quantitative estimate of drug-likeness (QED) is 0.538. The Kier molecular flexibility index (Phi) is 5.50. The fraction of sp³-hybridized carbons (Fsp3) is 0.333. The Hall–Kier alpha value is -2.81. The summed E-state index contributed by atoms with van der Waals surface area (Å²) in [4.78, 5) is 48.5. The number of esters is 1. The molecule has 8 nitrogen and oxygen atoms in total. The van der Waals surface area contributed by atoms with Crippen LogP contribution < -0.4 is 5.32 Å². The first-order chi connectivity index (χ1) is 12.9. The summed E-state index contributed by atoms with van der Waals surface area (Å²) in [5.41, 5.74) is 1.14. The van der Waals surface area contributed by atoms with Gasteiger partial charge >= 0.3 is 11.9 Å². The number of hydrogen-bond acceptors (Lipinski definition) is 6. The third-order valence-corrected chi connectivity index (χ3v) is 5.49. The number of amides is 2. The van der Waals surface area contributed by atoms with Crippen LogP contribution in [0.2, 0.25) is 0 Å². The Morgan fingerprint density at radius 1 is 1.26 bits per heavy atom. The third kappa shape index (κ3) is 3.97. The SMILES string of the molecule is CC(=O)OCC1=CS[C@H]2[C@H](NC(=O)Cc3ccccc3)C(=O)N2C1C(=O)O. The van der Waals surface area contributed by atoms with Gasteiger partial charge in [-0.05, 0) is 11.0 Å². The topological polar surface area (TPSA) is 113 Å². The number of ether oxygens (including phenoxy) is 1. The van der Waals surface area contributed by atoms with Crippen molar-refractivity contribution >= 4 is 35.5 Å².